The van der Waals surface area contributed by atoms with Crippen LogP contribution in [0, 0.1) is 11.8 Å². The predicted octanol–water partition coefficient (Wildman–Crippen LogP) is 2.53. The Morgan fingerprint density at radius 2 is 1.83 bits per heavy atom. The van der Waals surface area contributed by atoms with E-state index >= 15 is 0 Å². The van der Waals surface area contributed by atoms with E-state index in [-0.39, 0.29) is 0 Å². The molecule has 2 atom stereocenters. The summed E-state index contributed by atoms with van der Waals surface area (Å²) < 4.78 is 0. The van der Waals surface area contributed by atoms with Crippen molar-refractivity contribution in [2.24, 2.45) is 17.0 Å². The zero-order valence-electron chi connectivity index (χ0n) is 10.9. The lowest BCUT2D eigenvalue weighted by atomic mass is 9.95. The van der Waals surface area contributed by atoms with E-state index in [0.29, 0.717) is 11.8 Å². The van der Waals surface area contributed by atoms with Gasteiger partial charge in [-0.3, -0.25) is 4.90 Å². The quantitative estimate of drug-likeness (QED) is 0.763. The van der Waals surface area contributed by atoms with Crippen molar-refractivity contribution < 1.29 is 4.84 Å². The summed E-state index contributed by atoms with van der Waals surface area (Å²) in [6.45, 7) is 3.33. The lowest BCUT2D eigenvalue weighted by Crippen LogP contribution is -2.41. The fourth-order valence-corrected chi connectivity index (χ4v) is 3.32. The first-order valence-corrected chi connectivity index (χ1v) is 6.74. The second-order valence-corrected chi connectivity index (χ2v) is 5.35. The number of piperidine rings is 1. The molecule has 1 aromatic carbocycles. The van der Waals surface area contributed by atoms with Crippen molar-refractivity contribution in [3.63, 3.8) is 0 Å². The molecular weight excluding hydrogens is 224 g/mol. The second-order valence-electron chi connectivity index (χ2n) is 5.35. The van der Waals surface area contributed by atoms with Gasteiger partial charge in [0.1, 0.15) is 7.11 Å². The lowest BCUT2D eigenvalue weighted by Gasteiger charge is -2.32. The topological polar surface area (TPSA) is 24.8 Å². The molecule has 2 aliphatic rings. The van der Waals surface area contributed by atoms with Gasteiger partial charge in [-0.1, -0.05) is 35.5 Å². The van der Waals surface area contributed by atoms with Gasteiger partial charge >= 0.3 is 0 Å². The van der Waals surface area contributed by atoms with Crippen molar-refractivity contribution in [3.8, 4) is 0 Å². The predicted molar refractivity (Wildman–Crippen MR) is 72.4 cm³/mol. The summed E-state index contributed by atoms with van der Waals surface area (Å²) in [6.07, 6.45) is 2.55. The number of likely N-dealkylation sites (tertiary alicyclic amines) is 1. The van der Waals surface area contributed by atoms with E-state index < -0.39 is 0 Å². The normalized spacial score (nSPS) is 27.3. The summed E-state index contributed by atoms with van der Waals surface area (Å²) >= 11 is 0. The Bertz CT molecular complexity index is 413. The molecule has 0 N–H and O–H groups in total. The largest absolute Gasteiger partial charge is 0.399 e. The van der Waals surface area contributed by atoms with Crippen LogP contribution >= 0.6 is 0 Å². The number of rotatable bonds is 3. The highest BCUT2D eigenvalue weighted by atomic mass is 16.6. The number of benzene rings is 1. The average molecular weight is 244 g/mol. The standard InChI is InChI=1S/C15H20N2O/c1-18-16-15-13-7-8-14(15)11-17(10-13)9-12-5-3-2-4-6-12/h2-6,13-14H,7-11H2,1H3. The van der Waals surface area contributed by atoms with Gasteiger partial charge in [0.25, 0.3) is 0 Å². The van der Waals surface area contributed by atoms with E-state index in [1.165, 1.54) is 24.1 Å². The molecule has 0 radical (unpaired) electrons. The number of hydrogen-bond acceptors (Lipinski definition) is 3. The third kappa shape index (κ3) is 2.27. The van der Waals surface area contributed by atoms with Crippen LogP contribution in [0.1, 0.15) is 18.4 Å². The molecule has 1 aromatic rings. The van der Waals surface area contributed by atoms with Crippen LogP contribution in [0.25, 0.3) is 0 Å². The molecule has 96 valence electrons. The van der Waals surface area contributed by atoms with Crippen LogP contribution in [0.3, 0.4) is 0 Å². The van der Waals surface area contributed by atoms with E-state index in [9.17, 15) is 0 Å². The maximum atomic E-state index is 4.99. The Hall–Kier alpha value is -1.35. The molecule has 1 aliphatic heterocycles. The van der Waals surface area contributed by atoms with E-state index in [1.807, 2.05) is 0 Å². The Labute approximate surface area is 108 Å². The van der Waals surface area contributed by atoms with E-state index in [4.69, 9.17) is 4.84 Å². The summed E-state index contributed by atoms with van der Waals surface area (Å²) in [5.41, 5.74) is 2.71. The first-order valence-electron chi connectivity index (χ1n) is 6.74. The van der Waals surface area contributed by atoms with Gasteiger partial charge in [0.2, 0.25) is 0 Å². The molecule has 2 unspecified atom stereocenters. The number of hydrogen-bond donors (Lipinski definition) is 0. The zero-order chi connectivity index (χ0) is 12.4. The highest BCUT2D eigenvalue weighted by Crippen LogP contribution is 2.35. The van der Waals surface area contributed by atoms with Gasteiger partial charge < -0.3 is 4.84 Å². The fraction of sp³-hybridized carbons (Fsp3) is 0.533. The van der Waals surface area contributed by atoms with Crippen LogP contribution in [0.5, 0.6) is 0 Å². The molecule has 3 heteroatoms. The minimum atomic E-state index is 0.618. The van der Waals surface area contributed by atoms with Crippen molar-refractivity contribution in [1.82, 2.24) is 4.90 Å². The molecule has 2 fully saturated rings. The van der Waals surface area contributed by atoms with Gasteiger partial charge in [-0.05, 0) is 18.4 Å². The number of fused-ring (bicyclic) bond motifs is 2. The van der Waals surface area contributed by atoms with Gasteiger partial charge in [0.15, 0.2) is 0 Å². The fourth-order valence-electron chi connectivity index (χ4n) is 3.32. The summed E-state index contributed by atoms with van der Waals surface area (Å²) in [4.78, 5) is 7.55. The molecule has 3 rings (SSSR count). The Morgan fingerprint density at radius 3 is 2.44 bits per heavy atom. The van der Waals surface area contributed by atoms with E-state index in [1.54, 1.807) is 7.11 Å². The smallest absolute Gasteiger partial charge is 0.106 e. The second kappa shape index (κ2) is 5.11. The maximum absolute atomic E-state index is 4.99. The molecule has 0 amide bonds. The van der Waals surface area contributed by atoms with Crippen molar-refractivity contribution in [2.75, 3.05) is 20.2 Å². The molecule has 0 spiro atoms. The first-order chi connectivity index (χ1) is 8.86. The third-order valence-electron chi connectivity index (χ3n) is 4.10. The molecule has 0 aromatic heterocycles. The van der Waals surface area contributed by atoms with E-state index in [0.717, 1.165) is 19.6 Å². The van der Waals surface area contributed by atoms with Gasteiger partial charge in [0, 0.05) is 31.5 Å². The maximum Gasteiger partial charge on any atom is 0.106 e. The SMILES string of the molecule is CON=C1C2CCC1CN(Cc1ccccc1)C2. The van der Waals surface area contributed by atoms with Crippen LogP contribution in [0.15, 0.2) is 35.5 Å². The third-order valence-corrected chi connectivity index (χ3v) is 4.10. The van der Waals surface area contributed by atoms with E-state index in [2.05, 4.69) is 40.4 Å². The van der Waals surface area contributed by atoms with Gasteiger partial charge in [-0.25, -0.2) is 0 Å². The van der Waals surface area contributed by atoms with Crippen LogP contribution < -0.4 is 0 Å². The first kappa shape index (κ1) is 11.7. The van der Waals surface area contributed by atoms with Crippen molar-refractivity contribution >= 4 is 5.71 Å². The van der Waals surface area contributed by atoms with Gasteiger partial charge in [-0.15, -0.1) is 0 Å². The van der Waals surface area contributed by atoms with Crippen LogP contribution in [0.4, 0.5) is 0 Å². The monoisotopic (exact) mass is 244 g/mol. The molecule has 3 nitrogen and oxygen atoms in total. The molecule has 2 bridgehead atoms. The lowest BCUT2D eigenvalue weighted by molar-refractivity contribution is 0.191. The van der Waals surface area contributed by atoms with Crippen molar-refractivity contribution in [1.29, 1.82) is 0 Å². The minimum absolute atomic E-state index is 0.618. The summed E-state index contributed by atoms with van der Waals surface area (Å²) in [6, 6.07) is 10.7. The van der Waals surface area contributed by atoms with Gasteiger partial charge in [0.05, 0.1) is 5.71 Å². The van der Waals surface area contributed by atoms with Gasteiger partial charge in [-0.2, -0.15) is 0 Å². The summed E-state index contributed by atoms with van der Waals surface area (Å²) in [5.74, 6) is 1.24. The molecule has 1 saturated heterocycles. The molecule has 1 saturated carbocycles. The Morgan fingerprint density at radius 1 is 1.17 bits per heavy atom. The summed E-state index contributed by atoms with van der Waals surface area (Å²) in [5, 5.41) is 4.24. The molecule has 18 heavy (non-hydrogen) atoms. The van der Waals surface area contributed by atoms with Crippen molar-refractivity contribution in [2.45, 2.75) is 19.4 Å². The van der Waals surface area contributed by atoms with Crippen LogP contribution in [-0.4, -0.2) is 30.8 Å². The highest BCUT2D eigenvalue weighted by molar-refractivity contribution is 5.91. The zero-order valence-corrected chi connectivity index (χ0v) is 10.9. The van der Waals surface area contributed by atoms with Crippen LogP contribution in [0.2, 0.25) is 0 Å². The molecular formula is C15H20N2O. The summed E-state index contributed by atoms with van der Waals surface area (Å²) in [7, 11) is 1.66. The van der Waals surface area contributed by atoms with Crippen LogP contribution in [-0.2, 0) is 11.4 Å². The molecule has 1 aliphatic carbocycles. The molecule has 1 heterocycles. The average Bonchev–Trinajstić information content (AvgIpc) is 2.63. The Balaban J connectivity index is 1.67. The highest BCUT2D eigenvalue weighted by Gasteiger charge is 2.39. The Kier molecular flexibility index (Phi) is 3.33. The van der Waals surface area contributed by atoms with Crippen molar-refractivity contribution in [3.05, 3.63) is 35.9 Å². The number of oxime groups is 1. The number of nitrogens with zero attached hydrogens (tertiary/aromatic N) is 2. The minimum Gasteiger partial charge on any atom is -0.399 e.